The van der Waals surface area contributed by atoms with Crippen molar-refractivity contribution >= 4 is 11.7 Å². The van der Waals surface area contributed by atoms with Crippen LogP contribution in [0.25, 0.3) is 0 Å². The molecule has 5 nitrogen and oxygen atoms in total. The summed E-state index contributed by atoms with van der Waals surface area (Å²) in [4.78, 5) is 21.2. The van der Waals surface area contributed by atoms with Crippen LogP contribution in [0, 0.1) is 0 Å². The molecule has 0 radical (unpaired) electrons. The quantitative estimate of drug-likeness (QED) is 0.874. The summed E-state index contributed by atoms with van der Waals surface area (Å²) in [6.45, 7) is 0.692. The molecule has 92 valence electrons. The summed E-state index contributed by atoms with van der Waals surface area (Å²) in [5.74, 6) is 0.263. The lowest BCUT2D eigenvalue weighted by Gasteiger charge is -2.18. The molecule has 0 fully saturated rings. The molecule has 0 saturated carbocycles. The van der Waals surface area contributed by atoms with Crippen LogP contribution in [0.2, 0.25) is 0 Å². The normalized spacial score (nSPS) is 10.1. The number of nitrogens with two attached hydrogens (primary N) is 1. The first-order chi connectivity index (χ1) is 8.66. The third-order valence-electron chi connectivity index (χ3n) is 2.59. The van der Waals surface area contributed by atoms with Gasteiger partial charge in [-0.1, -0.05) is 0 Å². The summed E-state index contributed by atoms with van der Waals surface area (Å²) in [6, 6.07) is 7.17. The van der Waals surface area contributed by atoms with Crippen molar-refractivity contribution in [2.45, 2.75) is 6.54 Å². The van der Waals surface area contributed by atoms with Crippen molar-refractivity contribution in [3.63, 3.8) is 0 Å². The van der Waals surface area contributed by atoms with E-state index >= 15 is 0 Å². The summed E-state index contributed by atoms with van der Waals surface area (Å²) in [7, 11) is 1.91. The SMILES string of the molecule is CN(Cc1ccncc1)c1cc(C(N)=O)ccn1. The number of primary amides is 1. The fourth-order valence-electron chi connectivity index (χ4n) is 1.62. The average molecular weight is 242 g/mol. The highest BCUT2D eigenvalue weighted by Gasteiger charge is 2.06. The van der Waals surface area contributed by atoms with Crippen LogP contribution in [0.3, 0.4) is 0 Å². The summed E-state index contributed by atoms with van der Waals surface area (Å²) < 4.78 is 0. The van der Waals surface area contributed by atoms with E-state index in [9.17, 15) is 4.79 Å². The average Bonchev–Trinajstić information content (AvgIpc) is 2.40. The van der Waals surface area contributed by atoms with Gasteiger partial charge in [0.2, 0.25) is 5.91 Å². The molecule has 0 aliphatic rings. The van der Waals surface area contributed by atoms with Crippen molar-refractivity contribution in [3.05, 3.63) is 54.0 Å². The number of amides is 1. The Bertz CT molecular complexity index is 542. The van der Waals surface area contributed by atoms with Gasteiger partial charge in [-0.2, -0.15) is 0 Å². The zero-order chi connectivity index (χ0) is 13.0. The lowest BCUT2D eigenvalue weighted by molar-refractivity contribution is 0.1000. The van der Waals surface area contributed by atoms with Gasteiger partial charge in [0.05, 0.1) is 0 Å². The number of pyridine rings is 2. The zero-order valence-electron chi connectivity index (χ0n) is 10.1. The minimum atomic E-state index is -0.448. The van der Waals surface area contributed by atoms with E-state index in [-0.39, 0.29) is 0 Å². The maximum absolute atomic E-state index is 11.1. The lowest BCUT2D eigenvalue weighted by Crippen LogP contribution is -2.19. The van der Waals surface area contributed by atoms with Gasteiger partial charge in [0, 0.05) is 37.7 Å². The number of hydrogen-bond donors (Lipinski definition) is 1. The Morgan fingerprint density at radius 2 is 2.00 bits per heavy atom. The molecule has 0 unspecified atom stereocenters. The minimum absolute atomic E-state index is 0.448. The zero-order valence-corrected chi connectivity index (χ0v) is 10.1. The topological polar surface area (TPSA) is 72.1 Å². The van der Waals surface area contributed by atoms with Crippen LogP contribution < -0.4 is 10.6 Å². The van der Waals surface area contributed by atoms with E-state index < -0.39 is 5.91 Å². The van der Waals surface area contributed by atoms with Gasteiger partial charge in [-0.15, -0.1) is 0 Å². The molecule has 18 heavy (non-hydrogen) atoms. The van der Waals surface area contributed by atoms with E-state index in [2.05, 4.69) is 9.97 Å². The van der Waals surface area contributed by atoms with E-state index in [0.29, 0.717) is 17.9 Å². The molecule has 0 aromatic carbocycles. The summed E-state index contributed by atoms with van der Waals surface area (Å²) >= 11 is 0. The molecule has 2 N–H and O–H groups in total. The van der Waals surface area contributed by atoms with E-state index in [1.54, 1.807) is 30.7 Å². The van der Waals surface area contributed by atoms with E-state index in [1.165, 1.54) is 0 Å². The minimum Gasteiger partial charge on any atom is -0.366 e. The Balaban J connectivity index is 2.16. The first kappa shape index (κ1) is 12.0. The Morgan fingerprint density at radius 1 is 1.28 bits per heavy atom. The number of anilines is 1. The molecule has 0 aliphatic carbocycles. The molecule has 2 aromatic rings. The van der Waals surface area contributed by atoms with E-state index in [4.69, 9.17) is 5.73 Å². The van der Waals surface area contributed by atoms with Gasteiger partial charge in [0.1, 0.15) is 5.82 Å². The molecule has 2 heterocycles. The first-order valence-electron chi connectivity index (χ1n) is 5.52. The fourth-order valence-corrected chi connectivity index (χ4v) is 1.62. The van der Waals surface area contributed by atoms with Crippen molar-refractivity contribution < 1.29 is 4.79 Å². The highest BCUT2D eigenvalue weighted by Crippen LogP contribution is 2.13. The van der Waals surface area contributed by atoms with E-state index in [1.807, 2.05) is 24.1 Å². The van der Waals surface area contributed by atoms with Crippen molar-refractivity contribution in [2.75, 3.05) is 11.9 Å². The van der Waals surface area contributed by atoms with Gasteiger partial charge in [0.25, 0.3) is 0 Å². The van der Waals surface area contributed by atoms with Crippen molar-refractivity contribution in [2.24, 2.45) is 5.73 Å². The van der Waals surface area contributed by atoms with Crippen LogP contribution >= 0.6 is 0 Å². The number of carbonyl (C=O) groups is 1. The number of rotatable bonds is 4. The van der Waals surface area contributed by atoms with Crippen LogP contribution in [0.1, 0.15) is 15.9 Å². The number of aromatic nitrogens is 2. The van der Waals surface area contributed by atoms with Gasteiger partial charge in [-0.05, 0) is 29.8 Å². The molecule has 1 amide bonds. The molecule has 0 aliphatic heterocycles. The maximum Gasteiger partial charge on any atom is 0.248 e. The second-order valence-electron chi connectivity index (χ2n) is 3.98. The maximum atomic E-state index is 11.1. The molecule has 2 rings (SSSR count). The van der Waals surface area contributed by atoms with Gasteiger partial charge in [0.15, 0.2) is 0 Å². The Hall–Kier alpha value is -2.43. The van der Waals surface area contributed by atoms with Crippen LogP contribution in [-0.2, 0) is 6.54 Å². The molecular formula is C13H14N4O. The highest BCUT2D eigenvalue weighted by atomic mass is 16.1. The molecule has 5 heteroatoms. The van der Waals surface area contributed by atoms with Crippen molar-refractivity contribution in [1.29, 1.82) is 0 Å². The third kappa shape index (κ3) is 2.82. The second-order valence-corrected chi connectivity index (χ2v) is 3.98. The predicted octanol–water partition coefficient (Wildman–Crippen LogP) is 1.21. The van der Waals surface area contributed by atoms with Gasteiger partial charge >= 0.3 is 0 Å². The molecule has 0 bridgehead atoms. The largest absolute Gasteiger partial charge is 0.366 e. The van der Waals surface area contributed by atoms with Crippen LogP contribution in [0.4, 0.5) is 5.82 Å². The second kappa shape index (κ2) is 5.27. The first-order valence-corrected chi connectivity index (χ1v) is 5.52. The van der Waals surface area contributed by atoms with Crippen LogP contribution in [-0.4, -0.2) is 22.9 Å². The van der Waals surface area contributed by atoms with Crippen molar-refractivity contribution in [1.82, 2.24) is 9.97 Å². The summed E-state index contributed by atoms with van der Waals surface area (Å²) in [5.41, 5.74) is 6.83. The monoisotopic (exact) mass is 242 g/mol. The van der Waals surface area contributed by atoms with Crippen LogP contribution in [0.15, 0.2) is 42.9 Å². The highest BCUT2D eigenvalue weighted by molar-refractivity contribution is 5.93. The number of hydrogen-bond acceptors (Lipinski definition) is 4. The van der Waals surface area contributed by atoms with E-state index in [0.717, 1.165) is 5.56 Å². The Kier molecular flexibility index (Phi) is 3.52. The predicted molar refractivity (Wildman–Crippen MR) is 69.1 cm³/mol. The standard InChI is InChI=1S/C13H14N4O/c1-17(9-10-2-5-15-6-3-10)12-8-11(13(14)18)4-7-16-12/h2-8H,9H2,1H3,(H2,14,18). The van der Waals surface area contributed by atoms with Gasteiger partial charge in [-0.3, -0.25) is 9.78 Å². The van der Waals surface area contributed by atoms with Gasteiger partial charge in [-0.25, -0.2) is 4.98 Å². The van der Waals surface area contributed by atoms with Gasteiger partial charge < -0.3 is 10.6 Å². The molecule has 0 saturated heterocycles. The molecule has 0 atom stereocenters. The fraction of sp³-hybridized carbons (Fsp3) is 0.154. The number of nitrogens with zero attached hydrogens (tertiary/aromatic N) is 3. The number of carbonyl (C=O) groups excluding carboxylic acids is 1. The molecule has 0 spiro atoms. The Labute approximate surface area is 105 Å². The molecule has 2 aromatic heterocycles. The third-order valence-corrected chi connectivity index (χ3v) is 2.59. The Morgan fingerprint density at radius 3 is 2.67 bits per heavy atom. The molecular weight excluding hydrogens is 228 g/mol. The van der Waals surface area contributed by atoms with Crippen molar-refractivity contribution in [3.8, 4) is 0 Å². The summed E-state index contributed by atoms with van der Waals surface area (Å²) in [5, 5.41) is 0. The summed E-state index contributed by atoms with van der Waals surface area (Å²) in [6.07, 6.45) is 5.07. The van der Waals surface area contributed by atoms with Crippen LogP contribution in [0.5, 0.6) is 0 Å². The smallest absolute Gasteiger partial charge is 0.248 e. The lowest BCUT2D eigenvalue weighted by atomic mass is 10.2.